The van der Waals surface area contributed by atoms with Gasteiger partial charge in [-0.2, -0.15) is 0 Å². The third-order valence-corrected chi connectivity index (χ3v) is 5.98. The number of aryl methyl sites for hydroxylation is 2. The third kappa shape index (κ3) is 6.84. The molecule has 178 valence electrons. The summed E-state index contributed by atoms with van der Waals surface area (Å²) in [5.74, 6) is 0.162. The predicted molar refractivity (Wildman–Crippen MR) is 136 cm³/mol. The molecule has 6 heteroatoms. The first-order valence-electron chi connectivity index (χ1n) is 11.4. The molecule has 0 fully saturated rings. The van der Waals surface area contributed by atoms with Crippen molar-refractivity contribution in [3.05, 3.63) is 100 Å². The van der Waals surface area contributed by atoms with E-state index in [0.29, 0.717) is 23.7 Å². The normalized spacial score (nSPS) is 11.5. The van der Waals surface area contributed by atoms with Crippen molar-refractivity contribution >= 4 is 23.4 Å². The van der Waals surface area contributed by atoms with Crippen LogP contribution in [0.15, 0.2) is 72.8 Å². The van der Waals surface area contributed by atoms with Crippen molar-refractivity contribution in [2.45, 2.75) is 39.8 Å². The highest BCUT2D eigenvalue weighted by Crippen LogP contribution is 2.22. The molecule has 0 unspecified atom stereocenters. The molecule has 0 aliphatic carbocycles. The van der Waals surface area contributed by atoms with E-state index in [1.54, 1.807) is 11.0 Å². The highest BCUT2D eigenvalue weighted by molar-refractivity contribution is 6.31. The monoisotopic (exact) mass is 478 g/mol. The largest absolute Gasteiger partial charge is 0.483 e. The number of hydrogen-bond acceptors (Lipinski definition) is 3. The lowest BCUT2D eigenvalue weighted by molar-refractivity contribution is -0.142. The van der Waals surface area contributed by atoms with Gasteiger partial charge in [-0.3, -0.25) is 9.59 Å². The molecule has 0 radical (unpaired) electrons. The van der Waals surface area contributed by atoms with Crippen molar-refractivity contribution in [2.24, 2.45) is 0 Å². The molecule has 34 heavy (non-hydrogen) atoms. The molecule has 0 saturated carbocycles. The van der Waals surface area contributed by atoms with Crippen molar-refractivity contribution in [2.75, 3.05) is 13.2 Å². The highest BCUT2D eigenvalue weighted by atomic mass is 35.5. The molecule has 0 heterocycles. The number of hydrogen-bond donors (Lipinski definition) is 1. The van der Waals surface area contributed by atoms with Gasteiger partial charge in [0.25, 0.3) is 5.91 Å². The third-order valence-electron chi connectivity index (χ3n) is 5.62. The van der Waals surface area contributed by atoms with Crippen LogP contribution in [0, 0.1) is 13.8 Å². The van der Waals surface area contributed by atoms with E-state index < -0.39 is 6.04 Å². The number of ether oxygens (including phenoxy) is 1. The molecular weight excluding hydrogens is 448 g/mol. The van der Waals surface area contributed by atoms with E-state index in [2.05, 4.69) is 5.32 Å². The number of amides is 2. The van der Waals surface area contributed by atoms with E-state index in [1.807, 2.05) is 87.5 Å². The van der Waals surface area contributed by atoms with Crippen LogP contribution in [0.5, 0.6) is 5.75 Å². The predicted octanol–water partition coefficient (Wildman–Crippen LogP) is 5.11. The number of halogens is 1. The molecule has 0 spiro atoms. The second-order valence-corrected chi connectivity index (χ2v) is 8.68. The average Bonchev–Trinajstić information content (AvgIpc) is 2.83. The topological polar surface area (TPSA) is 58.6 Å². The number of carbonyl (C=O) groups excluding carboxylic acids is 2. The van der Waals surface area contributed by atoms with Gasteiger partial charge in [-0.1, -0.05) is 72.3 Å². The Bertz CT molecular complexity index is 1120. The molecule has 1 atom stereocenters. The van der Waals surface area contributed by atoms with Crippen LogP contribution in [0.25, 0.3) is 0 Å². The lowest BCUT2D eigenvalue weighted by atomic mass is 10.0. The summed E-state index contributed by atoms with van der Waals surface area (Å²) in [6.45, 7) is 6.26. The molecule has 0 aliphatic rings. The number of benzene rings is 3. The number of rotatable bonds is 10. The zero-order valence-corrected chi connectivity index (χ0v) is 20.6. The molecule has 0 saturated heterocycles. The lowest BCUT2D eigenvalue weighted by Crippen LogP contribution is -2.51. The first-order chi connectivity index (χ1) is 16.4. The quantitative estimate of drug-likeness (QED) is 0.440. The average molecular weight is 479 g/mol. The van der Waals surface area contributed by atoms with Crippen molar-refractivity contribution in [3.8, 4) is 5.75 Å². The Balaban J connectivity index is 1.92. The highest BCUT2D eigenvalue weighted by Gasteiger charge is 2.31. The van der Waals surface area contributed by atoms with Crippen molar-refractivity contribution in [1.29, 1.82) is 0 Å². The van der Waals surface area contributed by atoms with Crippen molar-refractivity contribution in [1.82, 2.24) is 10.2 Å². The van der Waals surface area contributed by atoms with Crippen LogP contribution in [0.3, 0.4) is 0 Å². The van der Waals surface area contributed by atoms with Crippen LogP contribution >= 0.6 is 11.6 Å². The van der Waals surface area contributed by atoms with Gasteiger partial charge >= 0.3 is 0 Å². The SMILES string of the molecule is CCNC(=O)[C@H](Cc1ccccc1)N(Cc1ccccc1Cl)C(=O)COc1cc(C)ccc1C. The van der Waals surface area contributed by atoms with Crippen LogP contribution in [0.2, 0.25) is 5.02 Å². The minimum atomic E-state index is -0.715. The van der Waals surface area contributed by atoms with Gasteiger partial charge in [0, 0.05) is 24.5 Å². The molecule has 0 aromatic heterocycles. The lowest BCUT2D eigenvalue weighted by Gasteiger charge is -2.31. The molecule has 0 aliphatic heterocycles. The van der Waals surface area contributed by atoms with E-state index in [0.717, 1.165) is 22.3 Å². The molecule has 2 amide bonds. The number of nitrogens with one attached hydrogen (secondary N) is 1. The van der Waals surface area contributed by atoms with Crippen molar-refractivity contribution < 1.29 is 14.3 Å². The van der Waals surface area contributed by atoms with E-state index in [9.17, 15) is 9.59 Å². The van der Waals surface area contributed by atoms with Crippen LogP contribution in [0.4, 0.5) is 0 Å². The van der Waals surface area contributed by atoms with Gasteiger partial charge in [-0.15, -0.1) is 0 Å². The molecule has 5 nitrogen and oxygen atoms in total. The maximum Gasteiger partial charge on any atom is 0.261 e. The first-order valence-corrected chi connectivity index (χ1v) is 11.8. The van der Waals surface area contributed by atoms with Gasteiger partial charge in [0.2, 0.25) is 5.91 Å². The second kappa shape index (κ2) is 12.2. The van der Waals surface area contributed by atoms with Gasteiger partial charge in [0.15, 0.2) is 6.61 Å². The fraction of sp³-hybridized carbons (Fsp3) is 0.286. The van der Waals surface area contributed by atoms with E-state index >= 15 is 0 Å². The van der Waals surface area contributed by atoms with Crippen LogP contribution in [-0.4, -0.2) is 35.9 Å². The smallest absolute Gasteiger partial charge is 0.261 e. The zero-order valence-electron chi connectivity index (χ0n) is 19.9. The summed E-state index contributed by atoms with van der Waals surface area (Å²) >= 11 is 6.42. The van der Waals surface area contributed by atoms with Gasteiger partial charge in [0.05, 0.1) is 0 Å². The Morgan fingerprint density at radius 3 is 2.41 bits per heavy atom. The molecule has 1 N–H and O–H groups in total. The Morgan fingerprint density at radius 1 is 1.00 bits per heavy atom. The summed E-state index contributed by atoms with van der Waals surface area (Å²) in [4.78, 5) is 28.3. The number of carbonyl (C=O) groups is 2. The van der Waals surface area contributed by atoms with Crippen LogP contribution in [-0.2, 0) is 22.6 Å². The summed E-state index contributed by atoms with van der Waals surface area (Å²) in [5, 5.41) is 3.43. The Morgan fingerprint density at radius 2 is 1.71 bits per heavy atom. The maximum atomic E-state index is 13.5. The summed E-state index contributed by atoms with van der Waals surface area (Å²) in [7, 11) is 0. The molecule has 0 bridgehead atoms. The Hall–Kier alpha value is -3.31. The van der Waals surface area contributed by atoms with Gasteiger partial charge < -0.3 is 15.0 Å². The summed E-state index contributed by atoms with van der Waals surface area (Å²) in [6.07, 6.45) is 0.381. The van der Waals surface area contributed by atoms with Crippen molar-refractivity contribution in [3.63, 3.8) is 0 Å². The van der Waals surface area contributed by atoms with Gasteiger partial charge in [0.1, 0.15) is 11.8 Å². The number of likely N-dealkylation sites (N-methyl/N-ethyl adjacent to an activating group) is 1. The minimum Gasteiger partial charge on any atom is -0.483 e. The maximum absolute atomic E-state index is 13.5. The van der Waals surface area contributed by atoms with Crippen LogP contribution < -0.4 is 10.1 Å². The van der Waals surface area contributed by atoms with Crippen LogP contribution in [0.1, 0.15) is 29.2 Å². The Kier molecular flexibility index (Phi) is 9.11. The second-order valence-electron chi connectivity index (χ2n) is 8.27. The Labute approximate surface area is 206 Å². The zero-order chi connectivity index (χ0) is 24.5. The van der Waals surface area contributed by atoms with Gasteiger partial charge in [-0.25, -0.2) is 0 Å². The standard InChI is InChI=1S/C28H31ClN2O3/c1-4-30-28(33)25(17-22-10-6-5-7-11-22)31(18-23-12-8-9-13-24(23)29)27(32)19-34-26-16-20(2)14-15-21(26)3/h5-16,25H,4,17-19H2,1-3H3,(H,30,33)/t25-/m0/s1. The first kappa shape index (κ1) is 25.3. The van der Waals surface area contributed by atoms with E-state index in [1.165, 1.54) is 0 Å². The van der Waals surface area contributed by atoms with Gasteiger partial charge in [-0.05, 0) is 55.2 Å². The molecule has 3 aromatic rings. The summed E-state index contributed by atoms with van der Waals surface area (Å²) in [5.41, 5.74) is 3.73. The fourth-order valence-electron chi connectivity index (χ4n) is 3.74. The fourth-order valence-corrected chi connectivity index (χ4v) is 3.94. The minimum absolute atomic E-state index is 0.181. The summed E-state index contributed by atoms with van der Waals surface area (Å²) in [6, 6.07) is 22.2. The summed E-state index contributed by atoms with van der Waals surface area (Å²) < 4.78 is 5.91. The molecule has 3 rings (SSSR count). The number of nitrogens with zero attached hydrogens (tertiary/aromatic N) is 1. The van der Waals surface area contributed by atoms with E-state index in [-0.39, 0.29) is 25.0 Å². The molecule has 3 aromatic carbocycles. The van der Waals surface area contributed by atoms with E-state index in [4.69, 9.17) is 16.3 Å². The molecular formula is C28H31ClN2O3.